The van der Waals surface area contributed by atoms with Crippen molar-refractivity contribution in [2.45, 2.75) is 33.2 Å². The maximum Gasteiger partial charge on any atom is 0.251 e. The van der Waals surface area contributed by atoms with Crippen LogP contribution in [0.3, 0.4) is 0 Å². The lowest BCUT2D eigenvalue weighted by Gasteiger charge is -2.13. The number of nitrogens with one attached hydrogen (secondary N) is 1. The molecular weight excluding hydrogens is 407 g/mol. The molecule has 0 saturated heterocycles. The average Bonchev–Trinajstić information content (AvgIpc) is 3.28. The van der Waals surface area contributed by atoms with E-state index in [1.807, 2.05) is 39.0 Å². The number of amides is 1. The smallest absolute Gasteiger partial charge is 0.251 e. The summed E-state index contributed by atoms with van der Waals surface area (Å²) in [6.07, 6.45) is 3.37. The largest absolute Gasteiger partial charge is 0.348 e. The lowest BCUT2D eigenvalue weighted by atomic mass is 9.99. The molecule has 4 aromatic rings. The fourth-order valence-corrected chi connectivity index (χ4v) is 3.40. The number of rotatable bonds is 6. The first-order valence-electron chi connectivity index (χ1n) is 10.3. The van der Waals surface area contributed by atoms with Crippen LogP contribution in [0.1, 0.15) is 47.1 Å². The maximum absolute atomic E-state index is 14.8. The maximum atomic E-state index is 14.8. The van der Waals surface area contributed by atoms with Gasteiger partial charge >= 0.3 is 0 Å². The van der Waals surface area contributed by atoms with Gasteiger partial charge in [0.1, 0.15) is 5.82 Å². The first kappa shape index (κ1) is 21.3. The normalized spacial score (nSPS) is 11.0. The molecule has 0 aliphatic heterocycles. The number of tetrazole rings is 1. The molecule has 1 N–H and O–H groups in total. The van der Waals surface area contributed by atoms with E-state index in [9.17, 15) is 9.18 Å². The molecule has 2 aromatic carbocycles. The second-order valence-corrected chi connectivity index (χ2v) is 7.90. The van der Waals surface area contributed by atoms with Crippen LogP contribution in [0.15, 0.2) is 60.9 Å². The minimum Gasteiger partial charge on any atom is -0.348 e. The summed E-state index contributed by atoms with van der Waals surface area (Å²) < 4.78 is 16.3. The highest BCUT2D eigenvalue weighted by Gasteiger charge is 2.17. The van der Waals surface area contributed by atoms with E-state index in [1.54, 1.807) is 41.3 Å². The molecule has 0 aliphatic carbocycles. The molecule has 7 nitrogen and oxygen atoms in total. The van der Waals surface area contributed by atoms with Crippen LogP contribution >= 0.6 is 0 Å². The Balaban J connectivity index is 1.76. The third-order valence-electron chi connectivity index (χ3n) is 5.05. The molecule has 2 heterocycles. The third-order valence-corrected chi connectivity index (χ3v) is 5.05. The molecule has 0 atom stereocenters. The quantitative estimate of drug-likeness (QED) is 0.495. The van der Waals surface area contributed by atoms with Crippen molar-refractivity contribution in [3.8, 4) is 16.8 Å². The Labute approximate surface area is 185 Å². The van der Waals surface area contributed by atoms with E-state index < -0.39 is 0 Å². The molecule has 0 saturated carbocycles. The van der Waals surface area contributed by atoms with Gasteiger partial charge in [-0.15, -0.1) is 5.10 Å². The van der Waals surface area contributed by atoms with Gasteiger partial charge in [-0.1, -0.05) is 32.0 Å². The Kier molecular flexibility index (Phi) is 6.02. The second-order valence-electron chi connectivity index (χ2n) is 7.90. The van der Waals surface area contributed by atoms with E-state index in [1.165, 1.54) is 6.07 Å². The van der Waals surface area contributed by atoms with Crippen molar-refractivity contribution in [3.05, 3.63) is 89.3 Å². The van der Waals surface area contributed by atoms with E-state index in [0.717, 1.165) is 11.1 Å². The lowest BCUT2D eigenvalue weighted by Crippen LogP contribution is -2.23. The standard InChI is InChI=1S/C24H23FN6O/c1-15(2)23-28-29-30-31(23)20-11-18(21-7-6-16(3)9-22(21)25)10-19(12-20)24(32)27-14-17-5-4-8-26-13-17/h4-13,15H,14H2,1-3H3,(H,27,32). The van der Waals surface area contributed by atoms with Crippen LogP contribution in [0.5, 0.6) is 0 Å². The van der Waals surface area contributed by atoms with Crippen LogP contribution in [-0.2, 0) is 6.54 Å². The van der Waals surface area contributed by atoms with Crippen molar-refractivity contribution in [3.63, 3.8) is 0 Å². The van der Waals surface area contributed by atoms with Crippen molar-refractivity contribution in [1.82, 2.24) is 30.5 Å². The first-order chi connectivity index (χ1) is 15.4. The molecule has 4 rings (SSSR count). The van der Waals surface area contributed by atoms with Crippen molar-refractivity contribution in [2.75, 3.05) is 0 Å². The van der Waals surface area contributed by atoms with Crippen molar-refractivity contribution < 1.29 is 9.18 Å². The zero-order valence-corrected chi connectivity index (χ0v) is 18.1. The first-order valence-corrected chi connectivity index (χ1v) is 10.3. The van der Waals surface area contributed by atoms with Gasteiger partial charge in [-0.3, -0.25) is 9.78 Å². The Morgan fingerprint density at radius 2 is 2.00 bits per heavy atom. The Morgan fingerprint density at radius 3 is 2.72 bits per heavy atom. The number of pyridine rings is 1. The summed E-state index contributed by atoms with van der Waals surface area (Å²) in [7, 11) is 0. The summed E-state index contributed by atoms with van der Waals surface area (Å²) in [5.74, 6) is 0.0641. The van der Waals surface area contributed by atoms with Crippen LogP contribution in [0.4, 0.5) is 4.39 Å². The van der Waals surface area contributed by atoms with Gasteiger partial charge in [0, 0.05) is 36.0 Å². The summed E-state index contributed by atoms with van der Waals surface area (Å²) in [5.41, 5.74) is 3.63. The molecule has 0 bridgehead atoms. The number of carbonyl (C=O) groups is 1. The summed E-state index contributed by atoms with van der Waals surface area (Å²) in [4.78, 5) is 17.1. The van der Waals surface area contributed by atoms with Gasteiger partial charge in [0.05, 0.1) is 5.69 Å². The molecule has 162 valence electrons. The van der Waals surface area contributed by atoms with Crippen LogP contribution in [0.25, 0.3) is 16.8 Å². The van der Waals surface area contributed by atoms with Crippen molar-refractivity contribution in [1.29, 1.82) is 0 Å². The number of benzene rings is 2. The SMILES string of the molecule is Cc1ccc(-c2cc(C(=O)NCc3cccnc3)cc(-n3nnnc3C(C)C)c2)c(F)c1. The Morgan fingerprint density at radius 1 is 1.16 bits per heavy atom. The highest BCUT2D eigenvalue weighted by Crippen LogP contribution is 2.28. The van der Waals surface area contributed by atoms with E-state index >= 15 is 0 Å². The molecule has 0 aliphatic rings. The van der Waals surface area contributed by atoms with E-state index in [0.29, 0.717) is 34.7 Å². The Hall–Kier alpha value is -3.94. The molecule has 0 fully saturated rings. The van der Waals surface area contributed by atoms with Crippen LogP contribution in [-0.4, -0.2) is 31.1 Å². The summed E-state index contributed by atoms with van der Waals surface area (Å²) >= 11 is 0. The number of nitrogens with zero attached hydrogens (tertiary/aromatic N) is 5. The molecule has 32 heavy (non-hydrogen) atoms. The van der Waals surface area contributed by atoms with Crippen LogP contribution in [0.2, 0.25) is 0 Å². The number of hydrogen-bond donors (Lipinski definition) is 1. The molecular formula is C24H23FN6O. The van der Waals surface area contributed by atoms with Gasteiger partial charge in [-0.2, -0.15) is 4.68 Å². The predicted molar refractivity (Wildman–Crippen MR) is 119 cm³/mol. The lowest BCUT2D eigenvalue weighted by molar-refractivity contribution is 0.0951. The summed E-state index contributed by atoms with van der Waals surface area (Å²) in [5, 5.41) is 14.9. The number of halogens is 1. The molecule has 0 radical (unpaired) electrons. The van der Waals surface area contributed by atoms with E-state index in [-0.39, 0.29) is 17.6 Å². The number of aryl methyl sites for hydroxylation is 1. The number of hydrogen-bond acceptors (Lipinski definition) is 5. The van der Waals surface area contributed by atoms with Crippen LogP contribution in [0, 0.1) is 12.7 Å². The number of aromatic nitrogens is 5. The van der Waals surface area contributed by atoms with Gasteiger partial charge < -0.3 is 5.32 Å². The molecule has 8 heteroatoms. The fraction of sp³-hybridized carbons (Fsp3) is 0.208. The minimum atomic E-state index is -0.357. The van der Waals surface area contributed by atoms with Gasteiger partial charge in [-0.05, 0) is 64.4 Å². The van der Waals surface area contributed by atoms with E-state index in [2.05, 4.69) is 25.8 Å². The molecule has 2 aromatic heterocycles. The van der Waals surface area contributed by atoms with Crippen molar-refractivity contribution >= 4 is 5.91 Å². The van der Waals surface area contributed by atoms with Gasteiger partial charge in [0.15, 0.2) is 5.82 Å². The van der Waals surface area contributed by atoms with Crippen molar-refractivity contribution in [2.24, 2.45) is 0 Å². The van der Waals surface area contributed by atoms with E-state index in [4.69, 9.17) is 0 Å². The zero-order valence-electron chi connectivity index (χ0n) is 18.1. The monoisotopic (exact) mass is 430 g/mol. The molecule has 0 unspecified atom stereocenters. The van der Waals surface area contributed by atoms with Crippen LogP contribution < -0.4 is 5.32 Å². The fourth-order valence-electron chi connectivity index (χ4n) is 3.40. The molecule has 0 spiro atoms. The van der Waals surface area contributed by atoms with Gasteiger partial charge in [-0.25, -0.2) is 4.39 Å². The predicted octanol–water partition coefficient (Wildman–Crippen LogP) is 4.23. The second kappa shape index (κ2) is 9.05. The number of carbonyl (C=O) groups excluding carboxylic acids is 1. The third kappa shape index (κ3) is 4.54. The summed E-state index contributed by atoms with van der Waals surface area (Å²) in [6.45, 7) is 6.12. The Bertz CT molecular complexity index is 1250. The van der Waals surface area contributed by atoms with Gasteiger partial charge in [0.2, 0.25) is 0 Å². The highest BCUT2D eigenvalue weighted by atomic mass is 19.1. The topological polar surface area (TPSA) is 85.6 Å². The minimum absolute atomic E-state index is 0.0626. The average molecular weight is 430 g/mol. The summed E-state index contributed by atoms with van der Waals surface area (Å²) in [6, 6.07) is 13.9. The zero-order chi connectivity index (χ0) is 22.7. The van der Waals surface area contributed by atoms with Gasteiger partial charge in [0.25, 0.3) is 5.91 Å². The highest BCUT2D eigenvalue weighted by molar-refractivity contribution is 5.96. The molecule has 1 amide bonds.